The number of hydrogen-bond donors (Lipinski definition) is 0. The minimum Gasteiger partial charge on any atom is -0.464 e. The first kappa shape index (κ1) is 11.8. The fraction of sp³-hybridized carbons (Fsp3) is 0.583. The molecule has 1 aliphatic carbocycles. The molecule has 0 aliphatic heterocycles. The number of esters is 1. The second-order valence-electron chi connectivity index (χ2n) is 4.18. The zero-order valence-electron chi connectivity index (χ0n) is 10.2. The first-order valence-corrected chi connectivity index (χ1v) is 5.93. The molecule has 1 heterocycles. The molecule has 1 aromatic heterocycles. The summed E-state index contributed by atoms with van der Waals surface area (Å²) in [4.78, 5) is 21.9. The van der Waals surface area contributed by atoms with Gasteiger partial charge in [0.2, 0.25) is 0 Å². The molecule has 1 fully saturated rings. The van der Waals surface area contributed by atoms with Crippen molar-refractivity contribution in [2.45, 2.75) is 32.2 Å². The smallest absolute Gasteiger partial charge is 0.358 e. The van der Waals surface area contributed by atoms with Crippen molar-refractivity contribution in [2.75, 3.05) is 18.6 Å². The number of nitrogens with zero attached hydrogens (tertiary/aromatic N) is 3. The third kappa shape index (κ3) is 2.72. The molecule has 0 aromatic carbocycles. The lowest BCUT2D eigenvalue weighted by Gasteiger charge is -2.22. The highest BCUT2D eigenvalue weighted by molar-refractivity contribution is 5.86. The molecule has 0 saturated heterocycles. The van der Waals surface area contributed by atoms with Gasteiger partial charge in [-0.05, 0) is 19.3 Å². The minimum absolute atomic E-state index is 0.253. The predicted molar refractivity (Wildman–Crippen MR) is 64.0 cm³/mol. The van der Waals surface area contributed by atoms with Gasteiger partial charge in [-0.15, -0.1) is 0 Å². The van der Waals surface area contributed by atoms with Crippen LogP contribution in [0, 0.1) is 0 Å². The minimum atomic E-state index is -0.447. The van der Waals surface area contributed by atoms with Crippen molar-refractivity contribution in [3.63, 3.8) is 0 Å². The Kier molecular flexibility index (Phi) is 3.56. The van der Waals surface area contributed by atoms with Gasteiger partial charge in [0.1, 0.15) is 5.82 Å². The lowest BCUT2D eigenvalue weighted by molar-refractivity contribution is 0.0593. The monoisotopic (exact) mass is 235 g/mol. The van der Waals surface area contributed by atoms with Gasteiger partial charge < -0.3 is 9.64 Å². The summed E-state index contributed by atoms with van der Waals surface area (Å²) in [6.07, 6.45) is 6.66. The summed E-state index contributed by atoms with van der Waals surface area (Å²) in [6.45, 7) is 3.13. The average Bonchev–Trinajstić information content (AvgIpc) is 3.19. The maximum atomic E-state index is 11.2. The van der Waals surface area contributed by atoms with Gasteiger partial charge in [-0.2, -0.15) is 0 Å². The van der Waals surface area contributed by atoms with Gasteiger partial charge in [-0.1, -0.05) is 6.92 Å². The van der Waals surface area contributed by atoms with Crippen molar-refractivity contribution in [1.29, 1.82) is 0 Å². The van der Waals surface area contributed by atoms with E-state index in [9.17, 15) is 4.79 Å². The van der Waals surface area contributed by atoms with E-state index in [1.807, 2.05) is 0 Å². The molecule has 1 aromatic rings. The van der Waals surface area contributed by atoms with Crippen LogP contribution in [0.2, 0.25) is 0 Å². The molecule has 5 heteroatoms. The van der Waals surface area contributed by atoms with Crippen LogP contribution in [0.3, 0.4) is 0 Å². The molecule has 2 rings (SSSR count). The van der Waals surface area contributed by atoms with Gasteiger partial charge in [0.15, 0.2) is 5.69 Å². The molecule has 1 saturated carbocycles. The maximum Gasteiger partial charge on any atom is 0.358 e. The van der Waals surface area contributed by atoms with Crippen molar-refractivity contribution in [3.8, 4) is 0 Å². The number of hydrogen-bond acceptors (Lipinski definition) is 5. The summed E-state index contributed by atoms with van der Waals surface area (Å²) in [5.74, 6) is 0.402. The number of ether oxygens (including phenoxy) is 1. The van der Waals surface area contributed by atoms with Crippen molar-refractivity contribution >= 4 is 11.8 Å². The number of anilines is 1. The van der Waals surface area contributed by atoms with Crippen LogP contribution < -0.4 is 4.90 Å². The largest absolute Gasteiger partial charge is 0.464 e. The van der Waals surface area contributed by atoms with Crippen LogP contribution in [0.5, 0.6) is 0 Å². The van der Waals surface area contributed by atoms with Crippen molar-refractivity contribution < 1.29 is 9.53 Å². The van der Waals surface area contributed by atoms with E-state index < -0.39 is 5.97 Å². The van der Waals surface area contributed by atoms with Crippen molar-refractivity contribution in [3.05, 3.63) is 18.1 Å². The van der Waals surface area contributed by atoms with Crippen LogP contribution in [0.25, 0.3) is 0 Å². The van der Waals surface area contributed by atoms with E-state index in [0.717, 1.165) is 18.8 Å². The molecule has 1 aliphatic rings. The highest BCUT2D eigenvalue weighted by Gasteiger charge is 2.29. The van der Waals surface area contributed by atoms with Gasteiger partial charge in [0, 0.05) is 12.6 Å². The summed E-state index contributed by atoms with van der Waals surface area (Å²) in [7, 11) is 1.34. The van der Waals surface area contributed by atoms with Crippen LogP contribution in [0.1, 0.15) is 36.7 Å². The summed E-state index contributed by atoms with van der Waals surface area (Å²) in [5, 5.41) is 0. The van der Waals surface area contributed by atoms with Gasteiger partial charge in [0.25, 0.3) is 0 Å². The Morgan fingerprint density at radius 2 is 2.24 bits per heavy atom. The van der Waals surface area contributed by atoms with Crippen LogP contribution in [-0.4, -0.2) is 35.6 Å². The number of carbonyl (C=O) groups excluding carboxylic acids is 1. The van der Waals surface area contributed by atoms with E-state index in [-0.39, 0.29) is 5.69 Å². The molecule has 0 amide bonds. The Morgan fingerprint density at radius 1 is 1.47 bits per heavy atom. The first-order chi connectivity index (χ1) is 8.26. The molecule has 0 bridgehead atoms. The molecule has 92 valence electrons. The average molecular weight is 235 g/mol. The number of methoxy groups -OCH3 is 1. The molecule has 5 nitrogen and oxygen atoms in total. The Morgan fingerprint density at radius 3 is 2.71 bits per heavy atom. The van der Waals surface area contributed by atoms with Crippen LogP contribution in [-0.2, 0) is 4.74 Å². The fourth-order valence-corrected chi connectivity index (χ4v) is 1.79. The summed E-state index contributed by atoms with van der Waals surface area (Å²) < 4.78 is 4.59. The van der Waals surface area contributed by atoms with Crippen LogP contribution in [0.4, 0.5) is 5.82 Å². The Hall–Kier alpha value is -1.65. The highest BCUT2D eigenvalue weighted by Crippen LogP contribution is 2.30. The van der Waals surface area contributed by atoms with Gasteiger partial charge in [-0.3, -0.25) is 0 Å². The highest BCUT2D eigenvalue weighted by atomic mass is 16.5. The van der Waals surface area contributed by atoms with Gasteiger partial charge in [0.05, 0.1) is 19.5 Å². The molecule has 0 spiro atoms. The van der Waals surface area contributed by atoms with E-state index in [0.29, 0.717) is 6.04 Å². The third-order valence-electron chi connectivity index (χ3n) is 2.78. The maximum absolute atomic E-state index is 11.2. The SMILES string of the molecule is CCCN(c1cnc(C(=O)OC)cn1)C1CC1. The second kappa shape index (κ2) is 5.12. The molecule has 0 atom stereocenters. The third-order valence-corrected chi connectivity index (χ3v) is 2.78. The number of carbonyl (C=O) groups is 1. The lowest BCUT2D eigenvalue weighted by atomic mass is 10.4. The molecular formula is C12H17N3O2. The van der Waals surface area contributed by atoms with Crippen molar-refractivity contribution in [2.24, 2.45) is 0 Å². The Balaban J connectivity index is 2.12. The second-order valence-corrected chi connectivity index (χ2v) is 4.18. The fourth-order valence-electron chi connectivity index (χ4n) is 1.79. The number of aromatic nitrogens is 2. The van der Waals surface area contributed by atoms with E-state index in [1.54, 1.807) is 6.20 Å². The quantitative estimate of drug-likeness (QED) is 0.726. The molecule has 0 N–H and O–H groups in total. The molecule has 17 heavy (non-hydrogen) atoms. The number of rotatable bonds is 5. The zero-order valence-corrected chi connectivity index (χ0v) is 10.2. The van der Waals surface area contributed by atoms with E-state index in [1.165, 1.54) is 26.1 Å². The zero-order chi connectivity index (χ0) is 12.3. The standard InChI is InChI=1S/C12H17N3O2/c1-3-6-15(9-4-5-9)11-8-13-10(7-14-11)12(16)17-2/h7-9H,3-6H2,1-2H3. The summed E-state index contributed by atoms with van der Waals surface area (Å²) in [5.41, 5.74) is 0.253. The predicted octanol–water partition coefficient (Wildman–Crippen LogP) is 1.64. The summed E-state index contributed by atoms with van der Waals surface area (Å²) >= 11 is 0. The Labute approximate surface area is 101 Å². The molecule has 0 radical (unpaired) electrons. The van der Waals surface area contributed by atoms with Crippen LogP contribution >= 0.6 is 0 Å². The molecular weight excluding hydrogens is 218 g/mol. The first-order valence-electron chi connectivity index (χ1n) is 5.93. The van der Waals surface area contributed by atoms with E-state index in [2.05, 4.69) is 26.5 Å². The van der Waals surface area contributed by atoms with Gasteiger partial charge >= 0.3 is 5.97 Å². The summed E-state index contributed by atoms with van der Waals surface area (Å²) in [6, 6.07) is 0.605. The molecule has 0 unspecified atom stereocenters. The Bertz CT molecular complexity index is 387. The topological polar surface area (TPSA) is 55.3 Å². The van der Waals surface area contributed by atoms with E-state index in [4.69, 9.17) is 0 Å². The van der Waals surface area contributed by atoms with Gasteiger partial charge in [-0.25, -0.2) is 14.8 Å². The normalized spacial score (nSPS) is 14.5. The van der Waals surface area contributed by atoms with E-state index >= 15 is 0 Å². The lowest BCUT2D eigenvalue weighted by Crippen LogP contribution is -2.27. The van der Waals surface area contributed by atoms with Crippen molar-refractivity contribution in [1.82, 2.24) is 9.97 Å². The van der Waals surface area contributed by atoms with Crippen LogP contribution in [0.15, 0.2) is 12.4 Å².